The minimum Gasteiger partial charge on any atom is -0.481 e. The lowest BCUT2D eigenvalue weighted by Gasteiger charge is -2.41. The normalized spacial score (nSPS) is 23.4. The molecule has 3 N–H and O–H groups in total. The smallest absolute Gasteiger partial charge is 0.225 e. The van der Waals surface area contributed by atoms with Crippen LogP contribution in [0.2, 0.25) is 0 Å². The maximum absolute atomic E-state index is 9.65. The van der Waals surface area contributed by atoms with Crippen molar-refractivity contribution in [1.29, 1.82) is 0 Å². The predicted molar refractivity (Wildman–Crippen MR) is 74.3 cm³/mol. The minimum absolute atomic E-state index is 0.0365. The summed E-state index contributed by atoms with van der Waals surface area (Å²) in [5, 5.41) is 9.65. The molecule has 6 nitrogen and oxygen atoms in total. The molecule has 1 aliphatic heterocycles. The van der Waals surface area contributed by atoms with Crippen LogP contribution in [0.1, 0.15) is 26.2 Å². The van der Waals surface area contributed by atoms with E-state index in [0.717, 1.165) is 38.2 Å². The van der Waals surface area contributed by atoms with E-state index in [1.54, 1.807) is 13.2 Å². The van der Waals surface area contributed by atoms with Gasteiger partial charge in [-0.3, -0.25) is 0 Å². The number of methoxy groups -OCH3 is 1. The summed E-state index contributed by atoms with van der Waals surface area (Å²) in [5.41, 5.74) is 5.66. The zero-order chi connectivity index (χ0) is 13.9. The van der Waals surface area contributed by atoms with Crippen LogP contribution in [0.3, 0.4) is 0 Å². The second-order valence-corrected chi connectivity index (χ2v) is 5.16. The summed E-state index contributed by atoms with van der Waals surface area (Å²) in [6.07, 6.45) is 3.05. The highest BCUT2D eigenvalue weighted by Gasteiger charge is 2.34. The van der Waals surface area contributed by atoms with Gasteiger partial charge in [-0.2, -0.15) is 9.97 Å². The maximum atomic E-state index is 9.65. The number of aliphatic hydroxyl groups excluding tert-OH is 1. The number of aromatic nitrogens is 2. The topological polar surface area (TPSA) is 84.5 Å². The van der Waals surface area contributed by atoms with Crippen LogP contribution in [0.5, 0.6) is 5.88 Å². The van der Waals surface area contributed by atoms with Crippen molar-refractivity contribution in [3.63, 3.8) is 0 Å². The van der Waals surface area contributed by atoms with Gasteiger partial charge >= 0.3 is 0 Å². The van der Waals surface area contributed by atoms with Crippen LogP contribution >= 0.6 is 0 Å². The van der Waals surface area contributed by atoms with Crippen LogP contribution < -0.4 is 15.4 Å². The third-order valence-corrected chi connectivity index (χ3v) is 3.99. The monoisotopic (exact) mass is 266 g/mol. The van der Waals surface area contributed by atoms with Gasteiger partial charge in [-0.25, -0.2) is 0 Å². The molecule has 1 aromatic rings. The Kier molecular flexibility index (Phi) is 4.09. The van der Waals surface area contributed by atoms with Gasteiger partial charge in [0.25, 0.3) is 0 Å². The summed E-state index contributed by atoms with van der Waals surface area (Å²) < 4.78 is 5.12. The number of nitrogens with zero attached hydrogens (tertiary/aromatic N) is 3. The number of anilines is 2. The SMILES string of the molecule is CC[C@]1(CO)CCCN(c2cc(OC)nc(N)n2)C1. The van der Waals surface area contributed by atoms with Gasteiger partial charge in [-0.05, 0) is 19.3 Å². The molecule has 1 aliphatic rings. The largest absolute Gasteiger partial charge is 0.481 e. The van der Waals surface area contributed by atoms with Gasteiger partial charge in [-0.1, -0.05) is 6.92 Å². The molecule has 19 heavy (non-hydrogen) atoms. The molecule has 0 aromatic carbocycles. The fourth-order valence-electron chi connectivity index (χ4n) is 2.63. The molecular formula is C13H22N4O2. The number of nitrogen functional groups attached to an aromatic ring is 1. The van der Waals surface area contributed by atoms with E-state index < -0.39 is 0 Å². The highest BCUT2D eigenvalue weighted by Crippen LogP contribution is 2.35. The van der Waals surface area contributed by atoms with Crippen molar-refractivity contribution in [2.45, 2.75) is 26.2 Å². The van der Waals surface area contributed by atoms with Gasteiger partial charge in [0.1, 0.15) is 5.82 Å². The molecule has 0 saturated carbocycles. The summed E-state index contributed by atoms with van der Waals surface area (Å²) in [5.74, 6) is 1.46. The summed E-state index contributed by atoms with van der Waals surface area (Å²) >= 11 is 0. The number of hydrogen-bond acceptors (Lipinski definition) is 6. The fraction of sp³-hybridized carbons (Fsp3) is 0.692. The van der Waals surface area contributed by atoms with E-state index in [-0.39, 0.29) is 18.0 Å². The molecule has 2 rings (SSSR count). The van der Waals surface area contributed by atoms with Gasteiger partial charge in [0.2, 0.25) is 11.8 Å². The van der Waals surface area contributed by atoms with Gasteiger partial charge in [0, 0.05) is 24.6 Å². The maximum Gasteiger partial charge on any atom is 0.225 e. The van der Waals surface area contributed by atoms with Crippen LogP contribution in [0, 0.1) is 5.41 Å². The molecule has 0 aliphatic carbocycles. The lowest BCUT2D eigenvalue weighted by atomic mass is 9.78. The average molecular weight is 266 g/mol. The Balaban J connectivity index is 2.24. The molecule has 1 aromatic heterocycles. The second-order valence-electron chi connectivity index (χ2n) is 5.16. The first kappa shape index (κ1) is 13.9. The van der Waals surface area contributed by atoms with E-state index in [1.807, 2.05) is 0 Å². The Morgan fingerprint density at radius 2 is 2.32 bits per heavy atom. The van der Waals surface area contributed by atoms with E-state index in [9.17, 15) is 5.11 Å². The van der Waals surface area contributed by atoms with Crippen LogP contribution in [-0.4, -0.2) is 41.9 Å². The van der Waals surface area contributed by atoms with Crippen molar-refractivity contribution >= 4 is 11.8 Å². The lowest BCUT2D eigenvalue weighted by Crippen LogP contribution is -2.45. The first-order valence-corrected chi connectivity index (χ1v) is 6.67. The third-order valence-electron chi connectivity index (χ3n) is 3.99. The summed E-state index contributed by atoms with van der Waals surface area (Å²) in [6.45, 7) is 4.04. The summed E-state index contributed by atoms with van der Waals surface area (Å²) in [7, 11) is 1.56. The molecule has 6 heteroatoms. The van der Waals surface area contributed by atoms with Crippen molar-refractivity contribution in [2.24, 2.45) is 5.41 Å². The molecule has 1 fully saturated rings. The molecule has 1 saturated heterocycles. The van der Waals surface area contributed by atoms with Crippen LogP contribution in [0.15, 0.2) is 6.07 Å². The van der Waals surface area contributed by atoms with Crippen molar-refractivity contribution in [1.82, 2.24) is 9.97 Å². The first-order chi connectivity index (χ1) is 9.12. The predicted octanol–water partition coefficient (Wildman–Crippen LogP) is 1.06. The third kappa shape index (κ3) is 2.89. The van der Waals surface area contributed by atoms with Crippen LogP contribution in [0.25, 0.3) is 0 Å². The summed E-state index contributed by atoms with van der Waals surface area (Å²) in [4.78, 5) is 10.4. The average Bonchev–Trinajstić information content (AvgIpc) is 2.46. The molecule has 0 unspecified atom stereocenters. The molecule has 1 atom stereocenters. The van der Waals surface area contributed by atoms with Gasteiger partial charge in [-0.15, -0.1) is 0 Å². The number of hydrogen-bond donors (Lipinski definition) is 2. The number of ether oxygens (including phenoxy) is 1. The van der Waals surface area contributed by atoms with E-state index in [0.29, 0.717) is 5.88 Å². The van der Waals surface area contributed by atoms with E-state index in [4.69, 9.17) is 10.5 Å². The van der Waals surface area contributed by atoms with Crippen LogP contribution in [-0.2, 0) is 0 Å². The van der Waals surface area contributed by atoms with Crippen molar-refractivity contribution in [3.8, 4) is 5.88 Å². The number of rotatable bonds is 4. The lowest BCUT2D eigenvalue weighted by molar-refractivity contribution is 0.101. The van der Waals surface area contributed by atoms with Gasteiger partial charge in [0.05, 0.1) is 13.7 Å². The summed E-state index contributed by atoms with van der Waals surface area (Å²) in [6, 6.07) is 1.79. The number of nitrogens with two attached hydrogens (primary N) is 1. The minimum atomic E-state index is -0.0365. The Bertz CT molecular complexity index is 435. The van der Waals surface area contributed by atoms with E-state index >= 15 is 0 Å². The standard InChI is InChI=1S/C13H22N4O2/c1-3-13(9-18)5-4-6-17(8-13)10-7-11(19-2)16-12(14)15-10/h7,18H,3-6,8-9H2,1-2H3,(H2,14,15,16)/t13-/m0/s1. The molecule has 0 spiro atoms. The zero-order valence-corrected chi connectivity index (χ0v) is 11.6. The molecule has 0 amide bonds. The highest BCUT2D eigenvalue weighted by atomic mass is 16.5. The van der Waals surface area contributed by atoms with Gasteiger partial charge in [0.15, 0.2) is 0 Å². The van der Waals surface area contributed by atoms with Crippen molar-refractivity contribution < 1.29 is 9.84 Å². The van der Waals surface area contributed by atoms with Gasteiger partial charge < -0.3 is 20.5 Å². The molecule has 0 radical (unpaired) electrons. The Morgan fingerprint density at radius 3 is 2.95 bits per heavy atom. The zero-order valence-electron chi connectivity index (χ0n) is 11.6. The van der Waals surface area contributed by atoms with Crippen molar-refractivity contribution in [3.05, 3.63) is 6.07 Å². The second kappa shape index (κ2) is 5.61. The Hall–Kier alpha value is -1.56. The molecule has 2 heterocycles. The quantitative estimate of drug-likeness (QED) is 0.847. The van der Waals surface area contributed by atoms with Crippen LogP contribution in [0.4, 0.5) is 11.8 Å². The first-order valence-electron chi connectivity index (χ1n) is 6.67. The van der Waals surface area contributed by atoms with E-state index in [2.05, 4.69) is 21.8 Å². The number of aliphatic hydroxyl groups is 1. The molecule has 0 bridgehead atoms. The fourth-order valence-corrected chi connectivity index (χ4v) is 2.63. The number of piperidine rings is 1. The molecular weight excluding hydrogens is 244 g/mol. The Morgan fingerprint density at radius 1 is 1.53 bits per heavy atom. The molecule has 106 valence electrons. The highest BCUT2D eigenvalue weighted by molar-refractivity contribution is 5.46. The van der Waals surface area contributed by atoms with E-state index in [1.165, 1.54) is 0 Å². The Labute approximate surface area is 113 Å². The van der Waals surface area contributed by atoms with Crippen molar-refractivity contribution in [2.75, 3.05) is 37.4 Å².